The first-order valence-electron chi connectivity index (χ1n) is 5.38. The third kappa shape index (κ3) is 3.57. The molecular formula is C11H16N2O5. The second kappa shape index (κ2) is 6.77. The van der Waals surface area contributed by atoms with E-state index in [-0.39, 0.29) is 0 Å². The fourth-order valence-corrected chi connectivity index (χ4v) is 1.42. The number of aromatic nitrogens is 1. The molecule has 1 heterocycles. The average Bonchev–Trinajstić information content (AvgIpc) is 2.80. The molecule has 0 fully saturated rings. The average molecular weight is 256 g/mol. The molecule has 0 radical (unpaired) electrons. The van der Waals surface area contributed by atoms with Gasteiger partial charge in [0, 0.05) is 19.9 Å². The van der Waals surface area contributed by atoms with E-state index >= 15 is 0 Å². The fourth-order valence-electron chi connectivity index (χ4n) is 1.42. The summed E-state index contributed by atoms with van der Waals surface area (Å²) in [5.74, 6) is -1.82. The van der Waals surface area contributed by atoms with Crippen molar-refractivity contribution in [3.63, 3.8) is 0 Å². The largest absolute Gasteiger partial charge is 0.480 e. The van der Waals surface area contributed by atoms with Crippen LogP contribution in [0.1, 0.15) is 10.5 Å². The summed E-state index contributed by atoms with van der Waals surface area (Å²) in [7, 11) is 1.55. The zero-order valence-corrected chi connectivity index (χ0v) is 10.00. The van der Waals surface area contributed by atoms with Crippen LogP contribution in [0.4, 0.5) is 0 Å². The van der Waals surface area contributed by atoms with Gasteiger partial charge < -0.3 is 24.8 Å². The first-order chi connectivity index (χ1) is 8.60. The summed E-state index contributed by atoms with van der Waals surface area (Å²) >= 11 is 0. The Morgan fingerprint density at radius 1 is 1.56 bits per heavy atom. The molecule has 100 valence electrons. The van der Waals surface area contributed by atoms with Crippen molar-refractivity contribution in [1.82, 2.24) is 9.88 Å². The maximum absolute atomic E-state index is 11.8. The zero-order valence-electron chi connectivity index (χ0n) is 10.00. The Balaban J connectivity index is 2.71. The molecule has 0 aromatic carbocycles. The normalized spacial score (nSPS) is 12.1. The number of rotatable bonds is 7. The first kappa shape index (κ1) is 14.2. The number of amides is 1. The summed E-state index contributed by atoms with van der Waals surface area (Å²) in [6.07, 6.45) is 1.70. The lowest BCUT2D eigenvalue weighted by Gasteiger charge is -2.13. The van der Waals surface area contributed by atoms with Crippen LogP contribution in [-0.2, 0) is 16.1 Å². The highest BCUT2D eigenvalue weighted by Crippen LogP contribution is 2.03. The number of aliphatic carboxylic acids is 1. The molecular weight excluding hydrogens is 240 g/mol. The molecule has 7 nitrogen and oxygen atoms in total. The number of carbonyl (C=O) groups excluding carboxylic acids is 1. The number of carboxylic acids is 1. The molecule has 3 N–H and O–H groups in total. The van der Waals surface area contributed by atoms with E-state index in [2.05, 4.69) is 5.32 Å². The fraction of sp³-hybridized carbons (Fsp3) is 0.455. The van der Waals surface area contributed by atoms with Crippen LogP contribution < -0.4 is 5.32 Å². The highest BCUT2D eigenvalue weighted by Gasteiger charge is 2.20. The van der Waals surface area contributed by atoms with Gasteiger partial charge in [0.15, 0.2) is 6.04 Å². The molecule has 0 aliphatic heterocycles. The van der Waals surface area contributed by atoms with Crippen LogP contribution in [0.5, 0.6) is 0 Å². The maximum Gasteiger partial charge on any atom is 0.328 e. The Labute approximate surface area is 104 Å². The van der Waals surface area contributed by atoms with Gasteiger partial charge in [-0.1, -0.05) is 0 Å². The van der Waals surface area contributed by atoms with Crippen LogP contribution in [0.2, 0.25) is 0 Å². The van der Waals surface area contributed by atoms with Gasteiger partial charge in [0.1, 0.15) is 5.69 Å². The Hall–Kier alpha value is -1.86. The van der Waals surface area contributed by atoms with E-state index in [1.54, 1.807) is 30.0 Å². The van der Waals surface area contributed by atoms with E-state index in [0.717, 1.165) is 0 Å². The number of aliphatic hydroxyl groups is 1. The SMILES string of the molecule is COCCn1cccc1C(=O)NC(CO)C(=O)O. The molecule has 1 unspecified atom stereocenters. The van der Waals surface area contributed by atoms with Crippen LogP contribution in [-0.4, -0.2) is 53.0 Å². The first-order valence-corrected chi connectivity index (χ1v) is 5.38. The Kier molecular flexibility index (Phi) is 5.34. The molecule has 0 aliphatic rings. The van der Waals surface area contributed by atoms with Crippen molar-refractivity contribution in [2.45, 2.75) is 12.6 Å². The van der Waals surface area contributed by atoms with E-state index in [1.165, 1.54) is 0 Å². The van der Waals surface area contributed by atoms with Crippen molar-refractivity contribution >= 4 is 11.9 Å². The van der Waals surface area contributed by atoms with E-state index < -0.39 is 24.5 Å². The summed E-state index contributed by atoms with van der Waals surface area (Å²) in [5.41, 5.74) is 0.326. The monoisotopic (exact) mass is 256 g/mol. The van der Waals surface area contributed by atoms with Gasteiger partial charge in [0.2, 0.25) is 0 Å². The number of aliphatic hydroxyl groups excluding tert-OH is 1. The molecule has 1 atom stereocenters. The molecule has 0 saturated carbocycles. The van der Waals surface area contributed by atoms with E-state index in [1.807, 2.05) is 0 Å². The smallest absolute Gasteiger partial charge is 0.328 e. The number of methoxy groups -OCH3 is 1. The molecule has 7 heteroatoms. The van der Waals surface area contributed by atoms with Gasteiger partial charge >= 0.3 is 5.97 Å². The van der Waals surface area contributed by atoms with Gasteiger partial charge in [-0.2, -0.15) is 0 Å². The molecule has 1 rings (SSSR count). The second-order valence-corrected chi connectivity index (χ2v) is 3.63. The number of nitrogens with zero attached hydrogens (tertiary/aromatic N) is 1. The van der Waals surface area contributed by atoms with Crippen molar-refractivity contribution in [2.75, 3.05) is 20.3 Å². The van der Waals surface area contributed by atoms with Crippen molar-refractivity contribution in [3.8, 4) is 0 Å². The van der Waals surface area contributed by atoms with Crippen LogP contribution in [0.15, 0.2) is 18.3 Å². The minimum Gasteiger partial charge on any atom is -0.480 e. The number of hydrogen-bond acceptors (Lipinski definition) is 4. The summed E-state index contributed by atoms with van der Waals surface area (Å²) in [6.45, 7) is 0.278. The molecule has 0 aliphatic carbocycles. The third-order valence-corrected chi connectivity index (χ3v) is 2.38. The van der Waals surface area contributed by atoms with Gasteiger partial charge in [-0.05, 0) is 12.1 Å². The topological polar surface area (TPSA) is 101 Å². The van der Waals surface area contributed by atoms with Gasteiger partial charge in [-0.15, -0.1) is 0 Å². The summed E-state index contributed by atoms with van der Waals surface area (Å²) in [6, 6.07) is 1.95. The number of carbonyl (C=O) groups is 2. The molecule has 0 bridgehead atoms. The molecule has 1 aromatic rings. The number of nitrogens with one attached hydrogen (secondary N) is 1. The van der Waals surface area contributed by atoms with Crippen LogP contribution >= 0.6 is 0 Å². The van der Waals surface area contributed by atoms with E-state index in [4.69, 9.17) is 14.9 Å². The highest BCUT2D eigenvalue weighted by molar-refractivity contribution is 5.95. The minimum absolute atomic E-state index is 0.326. The van der Waals surface area contributed by atoms with E-state index in [0.29, 0.717) is 18.8 Å². The predicted molar refractivity (Wildman–Crippen MR) is 62.3 cm³/mol. The van der Waals surface area contributed by atoms with Crippen molar-refractivity contribution in [2.24, 2.45) is 0 Å². The summed E-state index contributed by atoms with van der Waals surface area (Å²) < 4.78 is 6.55. The lowest BCUT2D eigenvalue weighted by atomic mass is 10.3. The Bertz CT molecular complexity index is 415. The van der Waals surface area contributed by atoms with Gasteiger partial charge in [0.25, 0.3) is 5.91 Å². The minimum atomic E-state index is -1.30. The van der Waals surface area contributed by atoms with Crippen LogP contribution in [0, 0.1) is 0 Å². The maximum atomic E-state index is 11.8. The van der Waals surface area contributed by atoms with Crippen molar-refractivity contribution in [1.29, 1.82) is 0 Å². The zero-order chi connectivity index (χ0) is 13.5. The van der Waals surface area contributed by atoms with Crippen LogP contribution in [0.25, 0.3) is 0 Å². The second-order valence-electron chi connectivity index (χ2n) is 3.63. The van der Waals surface area contributed by atoms with Gasteiger partial charge in [-0.25, -0.2) is 4.79 Å². The summed E-state index contributed by atoms with van der Waals surface area (Å²) in [4.78, 5) is 22.5. The van der Waals surface area contributed by atoms with Crippen LogP contribution in [0.3, 0.4) is 0 Å². The molecule has 0 spiro atoms. The van der Waals surface area contributed by atoms with E-state index in [9.17, 15) is 9.59 Å². The van der Waals surface area contributed by atoms with Crippen molar-refractivity contribution < 1.29 is 24.5 Å². The number of carboxylic acid groups (broad SMARTS) is 1. The standard InChI is InChI=1S/C11H16N2O5/c1-18-6-5-13-4-2-3-9(13)10(15)12-8(7-14)11(16)17/h2-4,8,14H,5-7H2,1H3,(H,12,15)(H,16,17). The molecule has 1 amide bonds. The Morgan fingerprint density at radius 2 is 2.28 bits per heavy atom. The van der Waals surface area contributed by atoms with Gasteiger partial charge in [0.05, 0.1) is 13.2 Å². The highest BCUT2D eigenvalue weighted by atomic mass is 16.5. The molecule has 1 aromatic heterocycles. The van der Waals surface area contributed by atoms with Crippen molar-refractivity contribution in [3.05, 3.63) is 24.0 Å². The summed E-state index contributed by atoms with van der Waals surface area (Å²) in [5, 5.41) is 19.8. The quantitative estimate of drug-likeness (QED) is 0.599. The van der Waals surface area contributed by atoms with Gasteiger partial charge in [-0.3, -0.25) is 4.79 Å². The lowest BCUT2D eigenvalue weighted by molar-refractivity contribution is -0.140. The lowest BCUT2D eigenvalue weighted by Crippen LogP contribution is -2.43. The predicted octanol–water partition coefficient (Wildman–Crippen LogP) is -0.690. The number of ether oxygens (including phenoxy) is 1. The molecule has 0 saturated heterocycles. The third-order valence-electron chi connectivity index (χ3n) is 2.38. The Morgan fingerprint density at radius 3 is 2.83 bits per heavy atom. The number of hydrogen-bond donors (Lipinski definition) is 3. The molecule has 18 heavy (non-hydrogen) atoms.